The van der Waals surface area contributed by atoms with Crippen LogP contribution in [0.1, 0.15) is 40.5 Å². The van der Waals surface area contributed by atoms with Crippen LogP contribution in [0.15, 0.2) is 59.6 Å². The van der Waals surface area contributed by atoms with E-state index >= 15 is 0 Å². The molecule has 0 unspecified atom stereocenters. The van der Waals surface area contributed by atoms with E-state index in [1.807, 2.05) is 0 Å². The number of thiocarbonyl (C=S) groups is 1. The predicted octanol–water partition coefficient (Wildman–Crippen LogP) is 4.14. The van der Waals surface area contributed by atoms with Gasteiger partial charge in [-0.25, -0.2) is 0 Å². The molecule has 0 aliphatic rings. The lowest BCUT2D eigenvalue weighted by Gasteiger charge is -2.13. The maximum absolute atomic E-state index is 12.4. The number of hydrazine groups is 1. The first-order valence-electron chi connectivity index (χ1n) is 9.63. The van der Waals surface area contributed by atoms with Crippen LogP contribution in [0, 0.1) is 0 Å². The molecule has 0 saturated carbocycles. The number of benzene rings is 2. The third-order valence-corrected chi connectivity index (χ3v) is 4.78. The molecule has 0 aliphatic carbocycles. The number of amides is 2. The van der Waals surface area contributed by atoms with Gasteiger partial charge in [0.25, 0.3) is 11.8 Å². The van der Waals surface area contributed by atoms with Crippen LogP contribution in [-0.4, -0.2) is 30.1 Å². The standard InChI is InChI=1S/C22H24BrN3O4S/c1-3-5-13-30-19-11-10-15(14-17(19)23)20(27)24-22(31)26-25-21(28)16-8-6-7-9-18(16)29-12-4-2/h4,6-11,14H,2-3,5,12-13H2,1H3,(H,25,28)(H2,24,26,27,31). The first-order valence-corrected chi connectivity index (χ1v) is 10.8. The molecule has 0 fully saturated rings. The average Bonchev–Trinajstić information content (AvgIpc) is 2.77. The lowest BCUT2D eigenvalue weighted by atomic mass is 10.2. The minimum atomic E-state index is -0.465. The summed E-state index contributed by atoms with van der Waals surface area (Å²) in [5, 5.41) is 2.46. The van der Waals surface area contributed by atoms with E-state index in [-0.39, 0.29) is 11.7 Å². The van der Waals surface area contributed by atoms with Crippen molar-refractivity contribution in [1.82, 2.24) is 16.2 Å². The lowest BCUT2D eigenvalue weighted by Crippen LogP contribution is -2.48. The van der Waals surface area contributed by atoms with Gasteiger partial charge in [-0.1, -0.05) is 38.1 Å². The third-order valence-electron chi connectivity index (χ3n) is 3.95. The van der Waals surface area contributed by atoms with Crippen LogP contribution in [-0.2, 0) is 0 Å². The summed E-state index contributed by atoms with van der Waals surface area (Å²) < 4.78 is 11.8. The fraction of sp³-hybridized carbons (Fsp3) is 0.227. The second-order valence-corrected chi connectivity index (χ2v) is 7.57. The number of nitrogens with one attached hydrogen (secondary N) is 3. The maximum Gasteiger partial charge on any atom is 0.273 e. The number of ether oxygens (including phenoxy) is 2. The first kappa shape index (κ1) is 24.4. The highest BCUT2D eigenvalue weighted by atomic mass is 79.9. The summed E-state index contributed by atoms with van der Waals surface area (Å²) in [6.45, 7) is 6.54. The SMILES string of the molecule is C=CCOc1ccccc1C(=O)NNC(=S)NC(=O)c1ccc(OCCCC)c(Br)c1. The van der Waals surface area contributed by atoms with Crippen LogP contribution >= 0.6 is 28.1 Å². The summed E-state index contributed by atoms with van der Waals surface area (Å²) in [7, 11) is 0. The van der Waals surface area contributed by atoms with Gasteiger partial charge in [0.1, 0.15) is 18.1 Å². The zero-order chi connectivity index (χ0) is 22.6. The van der Waals surface area contributed by atoms with Crippen molar-refractivity contribution in [2.24, 2.45) is 0 Å². The molecule has 0 atom stereocenters. The monoisotopic (exact) mass is 505 g/mol. The lowest BCUT2D eigenvalue weighted by molar-refractivity contribution is 0.0931. The number of halogens is 1. The van der Waals surface area contributed by atoms with Gasteiger partial charge in [0.2, 0.25) is 0 Å². The largest absolute Gasteiger partial charge is 0.492 e. The van der Waals surface area contributed by atoms with E-state index in [2.05, 4.69) is 45.6 Å². The molecule has 31 heavy (non-hydrogen) atoms. The molecule has 0 bridgehead atoms. The predicted molar refractivity (Wildman–Crippen MR) is 127 cm³/mol. The Hall–Kier alpha value is -2.91. The summed E-state index contributed by atoms with van der Waals surface area (Å²) in [6.07, 6.45) is 3.57. The fourth-order valence-corrected chi connectivity index (χ4v) is 3.04. The van der Waals surface area contributed by atoms with E-state index in [9.17, 15) is 9.59 Å². The molecule has 2 aromatic rings. The van der Waals surface area contributed by atoms with E-state index in [1.54, 1.807) is 48.5 Å². The highest BCUT2D eigenvalue weighted by Crippen LogP contribution is 2.26. The van der Waals surface area contributed by atoms with E-state index < -0.39 is 11.8 Å². The Morgan fingerprint density at radius 2 is 1.87 bits per heavy atom. The summed E-state index contributed by atoms with van der Waals surface area (Å²) in [6, 6.07) is 11.7. The van der Waals surface area contributed by atoms with Gasteiger partial charge in [-0.3, -0.25) is 25.8 Å². The minimum absolute atomic E-state index is 0.0535. The number of carbonyl (C=O) groups excluding carboxylic acids is 2. The van der Waals surface area contributed by atoms with E-state index in [0.29, 0.717) is 33.7 Å². The molecule has 2 amide bonds. The molecule has 7 nitrogen and oxygen atoms in total. The fourth-order valence-electron chi connectivity index (χ4n) is 2.40. The third kappa shape index (κ3) is 7.69. The smallest absolute Gasteiger partial charge is 0.273 e. The van der Waals surface area contributed by atoms with Crippen molar-refractivity contribution in [2.45, 2.75) is 19.8 Å². The zero-order valence-electron chi connectivity index (χ0n) is 17.1. The van der Waals surface area contributed by atoms with Gasteiger partial charge in [-0.15, -0.1) is 0 Å². The number of hydrogen-bond donors (Lipinski definition) is 3. The molecule has 2 rings (SSSR count). The normalized spacial score (nSPS) is 10.0. The molecule has 0 spiro atoms. The molecule has 0 aromatic heterocycles. The Morgan fingerprint density at radius 1 is 1.10 bits per heavy atom. The van der Waals surface area contributed by atoms with Crippen molar-refractivity contribution in [3.8, 4) is 11.5 Å². The van der Waals surface area contributed by atoms with Gasteiger partial charge in [0.15, 0.2) is 5.11 Å². The van der Waals surface area contributed by atoms with Gasteiger partial charge in [0.05, 0.1) is 16.6 Å². The number of unbranched alkanes of at least 4 members (excludes halogenated alkanes) is 1. The van der Waals surface area contributed by atoms with Crippen molar-refractivity contribution in [1.29, 1.82) is 0 Å². The van der Waals surface area contributed by atoms with Gasteiger partial charge >= 0.3 is 0 Å². The zero-order valence-corrected chi connectivity index (χ0v) is 19.5. The molecule has 0 saturated heterocycles. The van der Waals surface area contributed by atoms with Crippen LogP contribution in [0.3, 0.4) is 0 Å². The van der Waals surface area contributed by atoms with Crippen LogP contribution in [0.4, 0.5) is 0 Å². The molecular formula is C22H24BrN3O4S. The number of para-hydroxylation sites is 1. The number of hydrogen-bond acceptors (Lipinski definition) is 5. The van der Waals surface area contributed by atoms with E-state index in [0.717, 1.165) is 12.8 Å². The number of rotatable bonds is 9. The molecule has 164 valence electrons. The highest BCUT2D eigenvalue weighted by Gasteiger charge is 2.14. The van der Waals surface area contributed by atoms with Crippen molar-refractivity contribution in [2.75, 3.05) is 13.2 Å². The molecule has 0 aliphatic heterocycles. The Labute approximate surface area is 195 Å². The second-order valence-electron chi connectivity index (χ2n) is 6.31. The van der Waals surface area contributed by atoms with Gasteiger partial charge in [-0.05, 0) is 64.9 Å². The molecule has 9 heteroatoms. The van der Waals surface area contributed by atoms with Crippen LogP contribution in [0.2, 0.25) is 0 Å². The van der Waals surface area contributed by atoms with Gasteiger partial charge in [-0.2, -0.15) is 0 Å². The van der Waals surface area contributed by atoms with Crippen LogP contribution < -0.4 is 25.6 Å². The van der Waals surface area contributed by atoms with E-state index in [1.165, 1.54) is 0 Å². The molecule has 0 radical (unpaired) electrons. The van der Waals surface area contributed by atoms with Crippen LogP contribution in [0.5, 0.6) is 11.5 Å². The van der Waals surface area contributed by atoms with E-state index in [4.69, 9.17) is 21.7 Å². The first-order chi connectivity index (χ1) is 15.0. The van der Waals surface area contributed by atoms with Crippen molar-refractivity contribution < 1.29 is 19.1 Å². The van der Waals surface area contributed by atoms with Crippen molar-refractivity contribution in [3.63, 3.8) is 0 Å². The Kier molecular flexibility index (Phi) is 9.99. The molecular weight excluding hydrogens is 482 g/mol. The second kappa shape index (κ2) is 12.7. The Morgan fingerprint density at radius 3 is 2.58 bits per heavy atom. The minimum Gasteiger partial charge on any atom is -0.492 e. The van der Waals surface area contributed by atoms with Crippen molar-refractivity contribution in [3.05, 3.63) is 70.7 Å². The van der Waals surface area contributed by atoms with Gasteiger partial charge < -0.3 is 9.47 Å². The molecule has 3 N–H and O–H groups in total. The van der Waals surface area contributed by atoms with Crippen LogP contribution in [0.25, 0.3) is 0 Å². The average molecular weight is 506 g/mol. The molecule has 0 heterocycles. The summed E-state index contributed by atoms with van der Waals surface area (Å²) in [4.78, 5) is 24.8. The van der Waals surface area contributed by atoms with Gasteiger partial charge in [0, 0.05) is 5.56 Å². The summed E-state index contributed by atoms with van der Waals surface area (Å²) in [5.74, 6) is 0.174. The summed E-state index contributed by atoms with van der Waals surface area (Å²) >= 11 is 8.50. The summed E-state index contributed by atoms with van der Waals surface area (Å²) in [5.41, 5.74) is 5.65. The number of carbonyl (C=O) groups is 2. The maximum atomic E-state index is 12.4. The Balaban J connectivity index is 1.90. The molecule has 2 aromatic carbocycles. The highest BCUT2D eigenvalue weighted by molar-refractivity contribution is 9.10. The Bertz CT molecular complexity index is 952. The topological polar surface area (TPSA) is 88.7 Å². The quantitative estimate of drug-likeness (QED) is 0.205. The van der Waals surface area contributed by atoms with Crippen molar-refractivity contribution >= 4 is 45.1 Å².